The second-order valence-corrected chi connectivity index (χ2v) is 5.65. The highest BCUT2D eigenvalue weighted by Gasteiger charge is 2.26. The van der Waals surface area contributed by atoms with Crippen LogP contribution in [0.4, 0.5) is 0 Å². The average molecular weight is 262 g/mol. The summed E-state index contributed by atoms with van der Waals surface area (Å²) in [6, 6.07) is 2.75. The molecule has 0 aromatic carbocycles. The topological polar surface area (TPSA) is 25.2 Å². The van der Waals surface area contributed by atoms with Crippen LogP contribution < -0.4 is 0 Å². The van der Waals surface area contributed by atoms with Crippen LogP contribution in [0, 0.1) is 0 Å². The smallest absolute Gasteiger partial charge is 0.166 e. The summed E-state index contributed by atoms with van der Waals surface area (Å²) in [6.45, 7) is 6.90. The third kappa shape index (κ3) is 2.92. The lowest BCUT2D eigenvalue weighted by molar-refractivity contribution is 0.111. The van der Waals surface area contributed by atoms with Gasteiger partial charge in [0.15, 0.2) is 6.29 Å². The molecule has 0 N–H and O–H groups in total. The molecule has 1 aromatic heterocycles. The van der Waals surface area contributed by atoms with Crippen LogP contribution >= 0.6 is 0 Å². The highest BCUT2D eigenvalue weighted by atomic mass is 16.1. The Labute approximate surface area is 116 Å². The molecule has 1 aliphatic carbocycles. The van der Waals surface area contributed by atoms with Gasteiger partial charge in [-0.3, -0.25) is 4.79 Å². The molecule has 0 radical (unpaired) electrons. The lowest BCUT2D eigenvalue weighted by Crippen LogP contribution is -2.40. The van der Waals surface area contributed by atoms with Gasteiger partial charge in [-0.2, -0.15) is 0 Å². The number of hydrogen-bond acceptors (Lipinski definition) is 2. The first-order valence-electron chi connectivity index (χ1n) is 7.57. The molecule has 1 heterocycles. The molecule has 0 spiro atoms. The molecular weight excluding hydrogens is 236 g/mol. The van der Waals surface area contributed by atoms with E-state index in [-0.39, 0.29) is 0 Å². The highest BCUT2D eigenvalue weighted by molar-refractivity contribution is 5.73. The van der Waals surface area contributed by atoms with Crippen LogP contribution in [0.25, 0.3) is 0 Å². The fourth-order valence-electron chi connectivity index (χ4n) is 3.37. The lowest BCUT2D eigenvalue weighted by Gasteiger charge is -2.34. The molecule has 19 heavy (non-hydrogen) atoms. The molecule has 0 saturated heterocycles. The van der Waals surface area contributed by atoms with E-state index in [9.17, 15) is 4.79 Å². The largest absolute Gasteiger partial charge is 0.345 e. The van der Waals surface area contributed by atoms with Crippen LogP contribution in [0.1, 0.15) is 54.9 Å². The fraction of sp³-hybridized carbons (Fsp3) is 0.688. The van der Waals surface area contributed by atoms with Crippen molar-refractivity contribution in [2.45, 2.75) is 52.0 Å². The summed E-state index contributed by atoms with van der Waals surface area (Å²) in [5.41, 5.74) is 3.58. The number of rotatable bonds is 6. The predicted molar refractivity (Wildman–Crippen MR) is 78.8 cm³/mol. The molecule has 3 nitrogen and oxygen atoms in total. The normalized spacial score (nSPS) is 18.6. The Bertz CT molecular complexity index is 430. The molecule has 2 rings (SSSR count). The summed E-state index contributed by atoms with van der Waals surface area (Å²) in [5.74, 6) is 0. The first kappa shape index (κ1) is 14.3. The van der Waals surface area contributed by atoms with Crippen LogP contribution in [0.2, 0.25) is 0 Å². The van der Waals surface area contributed by atoms with Gasteiger partial charge in [-0.15, -0.1) is 0 Å². The summed E-state index contributed by atoms with van der Waals surface area (Å²) in [7, 11) is 2.01. The van der Waals surface area contributed by atoms with Gasteiger partial charge in [-0.05, 0) is 56.8 Å². The van der Waals surface area contributed by atoms with E-state index in [4.69, 9.17) is 0 Å². The maximum atomic E-state index is 11.0. The van der Waals surface area contributed by atoms with E-state index < -0.39 is 0 Å². The van der Waals surface area contributed by atoms with E-state index in [1.807, 2.05) is 7.05 Å². The summed E-state index contributed by atoms with van der Waals surface area (Å²) >= 11 is 0. The summed E-state index contributed by atoms with van der Waals surface area (Å²) in [6.07, 6.45) is 6.85. The first-order chi connectivity index (χ1) is 9.21. The monoisotopic (exact) mass is 262 g/mol. The van der Waals surface area contributed by atoms with E-state index in [0.717, 1.165) is 24.8 Å². The number of carbonyl (C=O) groups excluding carboxylic acids is 1. The Balaban J connectivity index is 2.14. The number of aromatic nitrogens is 1. The maximum absolute atomic E-state index is 11.0. The van der Waals surface area contributed by atoms with Crippen molar-refractivity contribution in [3.05, 3.63) is 23.0 Å². The van der Waals surface area contributed by atoms with Gasteiger partial charge in [0, 0.05) is 18.8 Å². The standard InChI is InChI=1S/C16H26N2O/c1-4-8-18(9-5-2)14-6-7-16-13(10-14)11-15(12-19)17(16)3/h11-12,14H,4-10H2,1-3H3/t14-/m1/s1. The van der Waals surface area contributed by atoms with Crippen molar-refractivity contribution < 1.29 is 4.79 Å². The van der Waals surface area contributed by atoms with Gasteiger partial charge in [-0.25, -0.2) is 0 Å². The number of aldehydes is 1. The Morgan fingerprint density at radius 3 is 2.63 bits per heavy atom. The van der Waals surface area contributed by atoms with E-state index in [2.05, 4.69) is 29.4 Å². The summed E-state index contributed by atoms with van der Waals surface area (Å²) in [4.78, 5) is 13.7. The number of carbonyl (C=O) groups is 1. The van der Waals surface area contributed by atoms with Crippen LogP contribution in [0.3, 0.4) is 0 Å². The molecule has 106 valence electrons. The van der Waals surface area contributed by atoms with Gasteiger partial charge in [0.2, 0.25) is 0 Å². The number of hydrogen-bond donors (Lipinski definition) is 0. The molecule has 1 aliphatic rings. The minimum Gasteiger partial charge on any atom is -0.345 e. The number of fused-ring (bicyclic) bond motifs is 1. The predicted octanol–water partition coefficient (Wildman–Crippen LogP) is 2.82. The van der Waals surface area contributed by atoms with Crippen LogP contribution in [-0.4, -0.2) is 34.9 Å². The SMILES string of the molecule is CCCN(CCC)[C@@H]1CCc2c(cc(C=O)n2C)C1. The second-order valence-electron chi connectivity index (χ2n) is 5.65. The molecule has 0 aliphatic heterocycles. The Hall–Kier alpha value is -1.09. The molecule has 0 saturated carbocycles. The molecule has 0 fully saturated rings. The minimum absolute atomic E-state index is 0.661. The van der Waals surface area contributed by atoms with E-state index in [0.29, 0.717) is 6.04 Å². The molecular formula is C16H26N2O. The molecule has 1 aromatic rings. The van der Waals surface area contributed by atoms with E-state index >= 15 is 0 Å². The van der Waals surface area contributed by atoms with Gasteiger partial charge >= 0.3 is 0 Å². The Kier molecular flexibility index (Phi) is 4.81. The van der Waals surface area contributed by atoms with Crippen LogP contribution in [-0.2, 0) is 19.9 Å². The number of nitrogens with zero attached hydrogens (tertiary/aromatic N) is 2. The average Bonchev–Trinajstić information content (AvgIpc) is 2.74. The van der Waals surface area contributed by atoms with Gasteiger partial charge in [0.1, 0.15) is 0 Å². The maximum Gasteiger partial charge on any atom is 0.166 e. The zero-order valence-electron chi connectivity index (χ0n) is 12.5. The fourth-order valence-corrected chi connectivity index (χ4v) is 3.37. The van der Waals surface area contributed by atoms with Crippen molar-refractivity contribution in [3.8, 4) is 0 Å². The summed E-state index contributed by atoms with van der Waals surface area (Å²) < 4.78 is 2.07. The highest BCUT2D eigenvalue weighted by Crippen LogP contribution is 2.27. The zero-order valence-corrected chi connectivity index (χ0v) is 12.5. The molecule has 0 unspecified atom stereocenters. The quantitative estimate of drug-likeness (QED) is 0.737. The zero-order chi connectivity index (χ0) is 13.8. The van der Waals surface area contributed by atoms with Gasteiger partial charge < -0.3 is 9.47 Å². The third-order valence-electron chi connectivity index (χ3n) is 4.31. The van der Waals surface area contributed by atoms with Crippen molar-refractivity contribution in [3.63, 3.8) is 0 Å². The molecule has 0 amide bonds. The van der Waals surface area contributed by atoms with Crippen molar-refractivity contribution in [2.24, 2.45) is 7.05 Å². The Morgan fingerprint density at radius 1 is 1.37 bits per heavy atom. The van der Waals surface area contributed by atoms with Crippen molar-refractivity contribution in [1.82, 2.24) is 9.47 Å². The van der Waals surface area contributed by atoms with E-state index in [1.54, 1.807) is 0 Å². The lowest BCUT2D eigenvalue weighted by atomic mass is 9.91. The van der Waals surface area contributed by atoms with Crippen LogP contribution in [0.15, 0.2) is 6.07 Å². The van der Waals surface area contributed by atoms with E-state index in [1.165, 1.54) is 43.6 Å². The molecule has 1 atom stereocenters. The minimum atomic E-state index is 0.661. The van der Waals surface area contributed by atoms with Crippen LogP contribution in [0.5, 0.6) is 0 Å². The Morgan fingerprint density at radius 2 is 2.05 bits per heavy atom. The van der Waals surface area contributed by atoms with Gasteiger partial charge in [0.25, 0.3) is 0 Å². The first-order valence-corrected chi connectivity index (χ1v) is 7.57. The third-order valence-corrected chi connectivity index (χ3v) is 4.31. The summed E-state index contributed by atoms with van der Waals surface area (Å²) in [5, 5.41) is 0. The van der Waals surface area contributed by atoms with Gasteiger partial charge in [-0.1, -0.05) is 13.8 Å². The van der Waals surface area contributed by atoms with Crippen molar-refractivity contribution in [1.29, 1.82) is 0 Å². The second kappa shape index (κ2) is 6.38. The van der Waals surface area contributed by atoms with Crippen molar-refractivity contribution in [2.75, 3.05) is 13.1 Å². The van der Waals surface area contributed by atoms with Crippen molar-refractivity contribution >= 4 is 6.29 Å². The molecule has 0 bridgehead atoms. The van der Waals surface area contributed by atoms with Gasteiger partial charge in [0.05, 0.1) is 5.69 Å². The molecule has 3 heteroatoms.